The third kappa shape index (κ3) is 4.91. The zero-order chi connectivity index (χ0) is 20.3. The van der Waals surface area contributed by atoms with E-state index >= 15 is 0 Å². The zero-order valence-electron chi connectivity index (χ0n) is 15.9. The summed E-state index contributed by atoms with van der Waals surface area (Å²) in [6.07, 6.45) is -0.657. The van der Waals surface area contributed by atoms with Crippen LogP contribution >= 0.6 is 11.3 Å². The third-order valence-corrected chi connectivity index (χ3v) is 6.35. The van der Waals surface area contributed by atoms with Crippen LogP contribution in [0.1, 0.15) is 48.4 Å². The summed E-state index contributed by atoms with van der Waals surface area (Å²) in [6, 6.07) is 5.61. The van der Waals surface area contributed by atoms with Crippen LogP contribution in [0, 0.1) is 0 Å². The Balaban J connectivity index is 1.65. The van der Waals surface area contributed by atoms with Crippen molar-refractivity contribution in [1.29, 1.82) is 0 Å². The van der Waals surface area contributed by atoms with Crippen molar-refractivity contribution < 1.29 is 18.0 Å². The Bertz CT molecular complexity index is 794. The van der Waals surface area contributed by atoms with E-state index in [4.69, 9.17) is 0 Å². The van der Waals surface area contributed by atoms with Crippen LogP contribution in [-0.2, 0) is 17.5 Å². The van der Waals surface area contributed by atoms with Crippen molar-refractivity contribution in [2.75, 3.05) is 13.6 Å². The van der Waals surface area contributed by atoms with Crippen LogP contribution in [0.2, 0.25) is 0 Å². The second kappa shape index (κ2) is 8.61. The van der Waals surface area contributed by atoms with Crippen molar-refractivity contribution in [1.82, 2.24) is 14.8 Å². The van der Waals surface area contributed by atoms with Gasteiger partial charge in [0, 0.05) is 37.1 Å². The molecule has 3 rings (SSSR count). The normalized spacial score (nSPS) is 19.7. The molecule has 0 spiro atoms. The Hall–Kier alpha value is -1.93. The fourth-order valence-corrected chi connectivity index (χ4v) is 4.34. The van der Waals surface area contributed by atoms with E-state index in [0.717, 1.165) is 30.0 Å². The van der Waals surface area contributed by atoms with Gasteiger partial charge in [-0.05, 0) is 44.5 Å². The Kier molecular flexibility index (Phi) is 6.40. The summed E-state index contributed by atoms with van der Waals surface area (Å²) in [5.74, 6) is -0.00443. The lowest BCUT2D eigenvalue weighted by atomic mass is 10.1. The molecule has 2 aromatic rings. The number of hydrogen-bond acceptors (Lipinski definition) is 4. The van der Waals surface area contributed by atoms with Gasteiger partial charge in [0.25, 0.3) is 0 Å². The number of amides is 1. The van der Waals surface area contributed by atoms with Crippen LogP contribution in [0.4, 0.5) is 13.2 Å². The van der Waals surface area contributed by atoms with Gasteiger partial charge in [0.1, 0.15) is 5.01 Å². The maximum absolute atomic E-state index is 12.9. The van der Waals surface area contributed by atoms with E-state index in [9.17, 15) is 18.0 Å². The fourth-order valence-electron chi connectivity index (χ4n) is 3.59. The average Bonchev–Trinajstić information content (AvgIpc) is 3.13. The molecule has 0 aliphatic carbocycles. The molecule has 1 amide bonds. The summed E-state index contributed by atoms with van der Waals surface area (Å²) in [4.78, 5) is 20.8. The minimum atomic E-state index is -4.38. The van der Waals surface area contributed by atoms with Gasteiger partial charge in [-0.25, -0.2) is 4.98 Å². The summed E-state index contributed by atoms with van der Waals surface area (Å²) in [7, 11) is 2.05. The van der Waals surface area contributed by atoms with Gasteiger partial charge < -0.3 is 4.90 Å². The summed E-state index contributed by atoms with van der Waals surface area (Å²) in [5.41, 5.74) is -0.173. The highest BCUT2D eigenvalue weighted by atomic mass is 32.1. The molecule has 2 unspecified atom stereocenters. The van der Waals surface area contributed by atoms with Gasteiger partial charge in [0.2, 0.25) is 5.91 Å². The standard InChI is InChI=1S/C20H24F3N3OS/c1-14(19-24-9-11-28-19)25(2)17-6-7-18(27)26(10-8-17)13-15-4-3-5-16(12-15)20(21,22)23/h3-5,9,11-12,14,17H,6-8,10,13H2,1-2H3. The largest absolute Gasteiger partial charge is 0.416 e. The molecule has 1 aromatic heterocycles. The molecule has 4 nitrogen and oxygen atoms in total. The maximum atomic E-state index is 12.9. The number of halogens is 3. The van der Waals surface area contributed by atoms with Gasteiger partial charge in [0.05, 0.1) is 11.6 Å². The van der Waals surface area contributed by atoms with Crippen LogP contribution in [0.5, 0.6) is 0 Å². The number of likely N-dealkylation sites (tertiary alicyclic amines) is 1. The monoisotopic (exact) mass is 411 g/mol. The first-order valence-corrected chi connectivity index (χ1v) is 10.2. The van der Waals surface area contributed by atoms with E-state index in [0.29, 0.717) is 18.5 Å². The molecule has 0 saturated carbocycles. The number of rotatable bonds is 5. The van der Waals surface area contributed by atoms with Gasteiger partial charge >= 0.3 is 6.18 Å². The number of thiazole rings is 1. The van der Waals surface area contributed by atoms with Crippen molar-refractivity contribution in [2.24, 2.45) is 0 Å². The topological polar surface area (TPSA) is 36.4 Å². The van der Waals surface area contributed by atoms with Gasteiger partial charge in [0.15, 0.2) is 0 Å². The van der Waals surface area contributed by atoms with E-state index in [1.165, 1.54) is 6.07 Å². The molecule has 0 N–H and O–H groups in total. The molecular weight excluding hydrogens is 387 g/mol. The van der Waals surface area contributed by atoms with Crippen LogP contribution in [-0.4, -0.2) is 40.3 Å². The minimum Gasteiger partial charge on any atom is -0.338 e. The van der Waals surface area contributed by atoms with Crippen molar-refractivity contribution >= 4 is 17.2 Å². The Morgan fingerprint density at radius 2 is 2.14 bits per heavy atom. The summed E-state index contributed by atoms with van der Waals surface area (Å²) < 4.78 is 38.8. The number of carbonyl (C=O) groups is 1. The van der Waals surface area contributed by atoms with Crippen LogP contribution in [0.15, 0.2) is 35.8 Å². The highest BCUT2D eigenvalue weighted by Crippen LogP contribution is 2.31. The molecule has 1 aliphatic heterocycles. The molecule has 1 saturated heterocycles. The predicted molar refractivity (Wildman–Crippen MR) is 103 cm³/mol. The number of carbonyl (C=O) groups excluding carboxylic acids is 1. The van der Waals surface area contributed by atoms with Crippen molar-refractivity contribution in [3.63, 3.8) is 0 Å². The zero-order valence-corrected chi connectivity index (χ0v) is 16.8. The highest BCUT2D eigenvalue weighted by molar-refractivity contribution is 7.09. The predicted octanol–water partition coefficient (Wildman–Crippen LogP) is 4.74. The number of nitrogens with zero attached hydrogens (tertiary/aromatic N) is 3. The molecular formula is C20H24F3N3OS. The summed E-state index contributed by atoms with van der Waals surface area (Å²) >= 11 is 1.61. The van der Waals surface area contributed by atoms with Crippen LogP contribution < -0.4 is 0 Å². The first-order chi connectivity index (χ1) is 13.3. The quantitative estimate of drug-likeness (QED) is 0.713. The van der Waals surface area contributed by atoms with Gasteiger partial charge in [-0.3, -0.25) is 9.69 Å². The van der Waals surface area contributed by atoms with Crippen molar-refractivity contribution in [2.45, 2.75) is 51.0 Å². The first-order valence-electron chi connectivity index (χ1n) is 9.31. The molecule has 2 heterocycles. The Morgan fingerprint density at radius 3 is 2.82 bits per heavy atom. The molecule has 28 heavy (non-hydrogen) atoms. The third-order valence-electron chi connectivity index (χ3n) is 5.40. The van der Waals surface area contributed by atoms with Gasteiger partial charge in [-0.15, -0.1) is 11.3 Å². The van der Waals surface area contributed by atoms with Crippen LogP contribution in [0.3, 0.4) is 0 Å². The van der Waals surface area contributed by atoms with E-state index in [1.807, 2.05) is 12.4 Å². The van der Waals surface area contributed by atoms with Gasteiger partial charge in [-0.1, -0.05) is 12.1 Å². The lowest BCUT2D eigenvalue weighted by Gasteiger charge is -2.31. The summed E-state index contributed by atoms with van der Waals surface area (Å²) in [5, 5.41) is 2.99. The SMILES string of the molecule is CC(c1nccs1)N(C)C1CCC(=O)N(Cc2cccc(C(F)(F)F)c2)CC1. The maximum Gasteiger partial charge on any atom is 0.416 e. The number of benzene rings is 1. The molecule has 0 radical (unpaired) electrons. The molecule has 0 bridgehead atoms. The second-order valence-corrected chi connectivity index (χ2v) is 8.13. The lowest BCUT2D eigenvalue weighted by Crippen LogP contribution is -2.35. The van der Waals surface area contributed by atoms with Crippen LogP contribution in [0.25, 0.3) is 0 Å². The minimum absolute atomic E-state index is 0.00443. The molecule has 2 atom stereocenters. The Labute approximate surface area is 167 Å². The number of alkyl halides is 3. The van der Waals surface area contributed by atoms with Crippen molar-refractivity contribution in [3.8, 4) is 0 Å². The molecule has 1 aliphatic rings. The van der Waals surface area contributed by atoms with Crippen molar-refractivity contribution in [3.05, 3.63) is 52.0 Å². The average molecular weight is 411 g/mol. The number of aromatic nitrogens is 1. The second-order valence-electron chi connectivity index (χ2n) is 7.21. The van der Waals surface area contributed by atoms with E-state index < -0.39 is 11.7 Å². The molecule has 1 fully saturated rings. The molecule has 8 heteroatoms. The number of hydrogen-bond donors (Lipinski definition) is 0. The molecule has 152 valence electrons. The lowest BCUT2D eigenvalue weighted by molar-refractivity contribution is -0.137. The Morgan fingerprint density at radius 1 is 1.36 bits per heavy atom. The van der Waals surface area contributed by atoms with E-state index in [1.54, 1.807) is 28.5 Å². The first kappa shape index (κ1) is 20.8. The van der Waals surface area contributed by atoms with E-state index in [2.05, 4.69) is 16.8 Å². The molecule has 1 aromatic carbocycles. The highest BCUT2D eigenvalue weighted by Gasteiger charge is 2.31. The van der Waals surface area contributed by atoms with Gasteiger partial charge in [-0.2, -0.15) is 13.2 Å². The van der Waals surface area contributed by atoms with E-state index in [-0.39, 0.29) is 24.5 Å². The summed E-state index contributed by atoms with van der Waals surface area (Å²) in [6.45, 7) is 2.85. The smallest absolute Gasteiger partial charge is 0.338 e. The fraction of sp³-hybridized carbons (Fsp3) is 0.500.